The highest BCUT2D eigenvalue weighted by Gasteiger charge is 2.11. The molecule has 0 radical (unpaired) electrons. The van der Waals surface area contributed by atoms with E-state index in [0.29, 0.717) is 5.95 Å². The molecule has 0 aliphatic carbocycles. The zero-order chi connectivity index (χ0) is 12.2. The van der Waals surface area contributed by atoms with Crippen LogP contribution in [0.4, 0.5) is 5.95 Å². The molecule has 1 aromatic carbocycles. The molecule has 2 N–H and O–H groups in total. The van der Waals surface area contributed by atoms with E-state index < -0.39 is 0 Å². The lowest BCUT2D eigenvalue weighted by atomic mass is 10.1. The van der Waals surface area contributed by atoms with Crippen LogP contribution in [0.1, 0.15) is 11.3 Å². The van der Waals surface area contributed by atoms with E-state index in [4.69, 9.17) is 5.73 Å². The molecule has 0 spiro atoms. The third-order valence-corrected chi connectivity index (χ3v) is 3.18. The van der Waals surface area contributed by atoms with Gasteiger partial charge in [0, 0.05) is 18.1 Å². The van der Waals surface area contributed by atoms with E-state index in [9.17, 15) is 0 Å². The zero-order valence-electron chi connectivity index (χ0n) is 10.2. The van der Waals surface area contributed by atoms with Crippen molar-refractivity contribution in [3.8, 4) is 0 Å². The van der Waals surface area contributed by atoms with Crippen LogP contribution in [0.3, 0.4) is 0 Å². The Balaban J connectivity index is 2.60. The third kappa shape index (κ3) is 1.30. The van der Waals surface area contributed by atoms with E-state index >= 15 is 0 Å². The Bertz CT molecular complexity index is 740. The Morgan fingerprint density at radius 3 is 2.71 bits per heavy atom. The van der Waals surface area contributed by atoms with Crippen LogP contribution in [0.25, 0.3) is 21.9 Å². The number of anilines is 1. The molecule has 2 heterocycles. The second kappa shape index (κ2) is 3.20. The van der Waals surface area contributed by atoms with E-state index in [1.165, 1.54) is 5.56 Å². The highest BCUT2D eigenvalue weighted by Crippen LogP contribution is 2.27. The average molecular weight is 226 g/mol. The summed E-state index contributed by atoms with van der Waals surface area (Å²) in [6.45, 7) is 4.09. The highest BCUT2D eigenvalue weighted by atomic mass is 15.1. The number of nitrogen functional groups attached to an aromatic ring is 1. The van der Waals surface area contributed by atoms with Gasteiger partial charge in [-0.1, -0.05) is 0 Å². The van der Waals surface area contributed by atoms with Crippen molar-refractivity contribution in [2.75, 3.05) is 5.73 Å². The molecule has 0 aliphatic heterocycles. The topological polar surface area (TPSA) is 56.7 Å². The maximum Gasteiger partial charge on any atom is 0.200 e. The van der Waals surface area contributed by atoms with E-state index in [2.05, 4.69) is 23.0 Å². The molecule has 17 heavy (non-hydrogen) atoms. The molecule has 0 atom stereocenters. The minimum absolute atomic E-state index is 0.535. The number of aromatic nitrogens is 3. The van der Waals surface area contributed by atoms with Crippen LogP contribution in [0, 0.1) is 13.8 Å². The molecule has 0 saturated heterocycles. The fourth-order valence-corrected chi connectivity index (χ4v) is 2.36. The molecule has 0 aliphatic rings. The summed E-state index contributed by atoms with van der Waals surface area (Å²) in [7, 11) is 1.92. The predicted octanol–water partition coefficient (Wildman–Crippen LogP) is 2.32. The maximum atomic E-state index is 5.86. The van der Waals surface area contributed by atoms with Gasteiger partial charge in [0.25, 0.3) is 0 Å². The Morgan fingerprint density at radius 1 is 1.18 bits per heavy atom. The van der Waals surface area contributed by atoms with Gasteiger partial charge in [-0.3, -0.25) is 4.98 Å². The van der Waals surface area contributed by atoms with Gasteiger partial charge in [0.15, 0.2) is 0 Å². The maximum absolute atomic E-state index is 5.86. The first-order chi connectivity index (χ1) is 8.08. The number of benzene rings is 1. The Kier molecular flexibility index (Phi) is 1.90. The SMILES string of the molecule is Cc1cc(C)c2c(ccc3c2nc(N)n3C)n1. The monoisotopic (exact) mass is 226 g/mol. The second-order valence-corrected chi connectivity index (χ2v) is 4.44. The summed E-state index contributed by atoms with van der Waals surface area (Å²) in [4.78, 5) is 8.97. The van der Waals surface area contributed by atoms with Gasteiger partial charge < -0.3 is 10.3 Å². The van der Waals surface area contributed by atoms with E-state index in [1.807, 2.05) is 30.7 Å². The number of hydrogen-bond donors (Lipinski definition) is 1. The molecule has 86 valence electrons. The third-order valence-electron chi connectivity index (χ3n) is 3.18. The van der Waals surface area contributed by atoms with Gasteiger partial charge in [-0.25, -0.2) is 4.98 Å². The number of fused-ring (bicyclic) bond motifs is 3. The van der Waals surface area contributed by atoms with Gasteiger partial charge in [0.1, 0.15) is 5.52 Å². The van der Waals surface area contributed by atoms with Crippen LogP contribution in [0.15, 0.2) is 18.2 Å². The fraction of sp³-hybridized carbons (Fsp3) is 0.231. The van der Waals surface area contributed by atoms with Gasteiger partial charge in [-0.2, -0.15) is 0 Å². The van der Waals surface area contributed by atoms with Gasteiger partial charge >= 0.3 is 0 Å². The predicted molar refractivity (Wildman–Crippen MR) is 69.9 cm³/mol. The molecule has 3 aromatic rings. The van der Waals surface area contributed by atoms with Gasteiger partial charge in [-0.15, -0.1) is 0 Å². The second-order valence-electron chi connectivity index (χ2n) is 4.44. The summed E-state index contributed by atoms with van der Waals surface area (Å²) in [6, 6.07) is 6.12. The van der Waals surface area contributed by atoms with Gasteiger partial charge in [0.05, 0.1) is 11.0 Å². The van der Waals surface area contributed by atoms with Gasteiger partial charge in [-0.05, 0) is 37.6 Å². The number of hydrogen-bond acceptors (Lipinski definition) is 3. The average Bonchev–Trinajstić information content (AvgIpc) is 2.54. The van der Waals surface area contributed by atoms with E-state index in [-0.39, 0.29) is 0 Å². The summed E-state index contributed by atoms with van der Waals surface area (Å²) in [5, 5.41) is 1.10. The number of nitrogens with zero attached hydrogens (tertiary/aromatic N) is 3. The first kappa shape index (κ1) is 10.1. The van der Waals surface area contributed by atoms with Crippen molar-refractivity contribution in [3.63, 3.8) is 0 Å². The molecular formula is C13H14N4. The molecule has 3 rings (SSSR count). The van der Waals surface area contributed by atoms with Crippen LogP contribution in [0.5, 0.6) is 0 Å². The number of imidazole rings is 1. The number of pyridine rings is 1. The summed E-state index contributed by atoms with van der Waals surface area (Å²) >= 11 is 0. The van der Waals surface area contributed by atoms with Crippen molar-refractivity contribution >= 4 is 27.9 Å². The molecule has 0 amide bonds. The van der Waals surface area contributed by atoms with Crippen molar-refractivity contribution in [1.29, 1.82) is 0 Å². The van der Waals surface area contributed by atoms with Crippen LogP contribution in [-0.2, 0) is 7.05 Å². The first-order valence-electron chi connectivity index (χ1n) is 5.57. The van der Waals surface area contributed by atoms with Crippen molar-refractivity contribution in [2.24, 2.45) is 7.05 Å². The molecule has 2 aromatic heterocycles. The molecule has 0 bridgehead atoms. The molecule has 0 fully saturated rings. The van der Waals surface area contributed by atoms with Crippen molar-refractivity contribution in [2.45, 2.75) is 13.8 Å². The normalized spacial score (nSPS) is 11.5. The molecule has 0 saturated carbocycles. The quantitative estimate of drug-likeness (QED) is 0.640. The summed E-state index contributed by atoms with van der Waals surface area (Å²) in [5.41, 5.74) is 11.0. The first-order valence-corrected chi connectivity index (χ1v) is 5.57. The highest BCUT2D eigenvalue weighted by molar-refractivity contribution is 6.05. The molecule has 4 heteroatoms. The minimum Gasteiger partial charge on any atom is -0.369 e. The van der Waals surface area contributed by atoms with Crippen LogP contribution in [-0.4, -0.2) is 14.5 Å². The lowest BCUT2D eigenvalue weighted by Gasteiger charge is -2.04. The largest absolute Gasteiger partial charge is 0.369 e. The van der Waals surface area contributed by atoms with Crippen LogP contribution in [0.2, 0.25) is 0 Å². The fourth-order valence-electron chi connectivity index (χ4n) is 2.36. The van der Waals surface area contributed by atoms with Crippen molar-refractivity contribution < 1.29 is 0 Å². The number of nitrogens with two attached hydrogens (primary N) is 1. The molecule has 0 unspecified atom stereocenters. The smallest absolute Gasteiger partial charge is 0.200 e. The lowest BCUT2D eigenvalue weighted by molar-refractivity contribution is 0.965. The summed E-state index contributed by atoms with van der Waals surface area (Å²) in [6.07, 6.45) is 0. The Hall–Kier alpha value is -2.10. The Labute approximate surface area is 99.1 Å². The Morgan fingerprint density at radius 2 is 1.94 bits per heavy atom. The number of rotatable bonds is 0. The van der Waals surface area contributed by atoms with Gasteiger partial charge in [0.2, 0.25) is 5.95 Å². The minimum atomic E-state index is 0.535. The summed E-state index contributed by atoms with van der Waals surface area (Å²) < 4.78 is 1.90. The molecular weight excluding hydrogens is 212 g/mol. The molecule has 4 nitrogen and oxygen atoms in total. The standard InChI is InChI=1S/C13H14N4/c1-7-6-8(2)15-9-4-5-10-12(11(7)9)16-13(14)17(10)3/h4-6H,1-3H3,(H2,14,16). The van der Waals surface area contributed by atoms with E-state index in [0.717, 1.165) is 27.6 Å². The summed E-state index contributed by atoms with van der Waals surface area (Å²) in [5.74, 6) is 0.535. The van der Waals surface area contributed by atoms with Crippen molar-refractivity contribution in [3.05, 3.63) is 29.5 Å². The van der Waals surface area contributed by atoms with E-state index in [1.54, 1.807) is 0 Å². The van der Waals surface area contributed by atoms with Crippen molar-refractivity contribution in [1.82, 2.24) is 14.5 Å². The van der Waals surface area contributed by atoms with Crippen LogP contribution >= 0.6 is 0 Å². The zero-order valence-corrected chi connectivity index (χ0v) is 10.2. The number of aryl methyl sites for hydroxylation is 3. The lowest BCUT2D eigenvalue weighted by Crippen LogP contribution is -1.95. The van der Waals surface area contributed by atoms with Crippen LogP contribution < -0.4 is 5.73 Å².